The van der Waals surface area contributed by atoms with E-state index in [1.807, 2.05) is 22.8 Å². The summed E-state index contributed by atoms with van der Waals surface area (Å²) < 4.78 is 3.12. The molecule has 4 heteroatoms. The van der Waals surface area contributed by atoms with Crippen molar-refractivity contribution < 1.29 is 0 Å². The van der Waals surface area contributed by atoms with Crippen LogP contribution in [0.4, 0.5) is 5.95 Å². The highest BCUT2D eigenvalue weighted by atomic mass is 79.9. The number of aromatic nitrogens is 2. The number of benzene rings is 2. The molecule has 1 aromatic heterocycles. The molecule has 2 aromatic carbocycles. The molecule has 0 spiro atoms. The highest BCUT2D eigenvalue weighted by molar-refractivity contribution is 9.10. The third-order valence-electron chi connectivity index (χ3n) is 3.24. The first-order valence-electron chi connectivity index (χ1n) is 6.11. The maximum absolute atomic E-state index is 6.05. The Bertz CT molecular complexity index is 746. The van der Waals surface area contributed by atoms with Gasteiger partial charge < -0.3 is 10.3 Å². The van der Waals surface area contributed by atoms with E-state index in [-0.39, 0.29) is 0 Å². The molecule has 3 rings (SSSR count). The fourth-order valence-electron chi connectivity index (χ4n) is 2.29. The Morgan fingerprint density at radius 1 is 1.21 bits per heavy atom. The number of nitrogens with zero attached hydrogens (tertiary/aromatic N) is 2. The summed E-state index contributed by atoms with van der Waals surface area (Å²) in [6.07, 6.45) is 0. The van der Waals surface area contributed by atoms with Crippen molar-refractivity contribution in [2.45, 2.75) is 13.5 Å². The average Bonchev–Trinajstić information content (AvgIpc) is 2.69. The van der Waals surface area contributed by atoms with Gasteiger partial charge in [-0.3, -0.25) is 0 Å². The molecule has 0 atom stereocenters. The normalized spacial score (nSPS) is 11.1. The zero-order valence-electron chi connectivity index (χ0n) is 10.6. The molecule has 0 fully saturated rings. The molecule has 0 amide bonds. The minimum absolute atomic E-state index is 0.560. The minimum Gasteiger partial charge on any atom is -0.369 e. The molecule has 3 aromatic rings. The smallest absolute Gasteiger partial charge is 0.201 e. The summed E-state index contributed by atoms with van der Waals surface area (Å²) in [5, 5.41) is 0. The Labute approximate surface area is 120 Å². The van der Waals surface area contributed by atoms with Gasteiger partial charge in [0.25, 0.3) is 0 Å². The van der Waals surface area contributed by atoms with Gasteiger partial charge in [0.2, 0.25) is 5.95 Å². The van der Waals surface area contributed by atoms with Crippen LogP contribution in [0.1, 0.15) is 11.1 Å². The predicted octanol–water partition coefficient (Wildman–Crippen LogP) is 3.74. The number of rotatable bonds is 2. The summed E-state index contributed by atoms with van der Waals surface area (Å²) in [7, 11) is 0. The summed E-state index contributed by atoms with van der Waals surface area (Å²) in [5.41, 5.74) is 10.5. The molecule has 1 heterocycles. The van der Waals surface area contributed by atoms with Gasteiger partial charge in [0, 0.05) is 4.47 Å². The van der Waals surface area contributed by atoms with E-state index in [9.17, 15) is 0 Å². The van der Waals surface area contributed by atoms with Crippen LogP contribution >= 0.6 is 15.9 Å². The van der Waals surface area contributed by atoms with Crippen molar-refractivity contribution in [3.05, 3.63) is 58.1 Å². The quantitative estimate of drug-likeness (QED) is 0.783. The van der Waals surface area contributed by atoms with E-state index in [1.54, 1.807) is 0 Å². The number of nitrogens with two attached hydrogens (primary N) is 1. The Morgan fingerprint density at radius 2 is 2.00 bits per heavy atom. The minimum atomic E-state index is 0.560. The molecule has 0 aliphatic rings. The van der Waals surface area contributed by atoms with Crippen molar-refractivity contribution in [1.82, 2.24) is 9.55 Å². The van der Waals surface area contributed by atoms with Crippen LogP contribution in [0.25, 0.3) is 11.0 Å². The van der Waals surface area contributed by atoms with Crippen molar-refractivity contribution in [3.63, 3.8) is 0 Å². The van der Waals surface area contributed by atoms with E-state index >= 15 is 0 Å². The average molecular weight is 316 g/mol. The first-order valence-corrected chi connectivity index (χ1v) is 6.90. The fourth-order valence-corrected chi connectivity index (χ4v) is 2.74. The van der Waals surface area contributed by atoms with Crippen molar-refractivity contribution in [1.29, 1.82) is 0 Å². The van der Waals surface area contributed by atoms with Crippen LogP contribution < -0.4 is 5.73 Å². The van der Waals surface area contributed by atoms with Crippen molar-refractivity contribution in [2.75, 3.05) is 5.73 Å². The fraction of sp³-hybridized carbons (Fsp3) is 0.133. The first kappa shape index (κ1) is 12.2. The van der Waals surface area contributed by atoms with Crippen LogP contribution in [-0.2, 0) is 6.54 Å². The monoisotopic (exact) mass is 315 g/mol. The summed E-state index contributed by atoms with van der Waals surface area (Å²) in [4.78, 5) is 4.46. The summed E-state index contributed by atoms with van der Waals surface area (Å²) >= 11 is 3.49. The SMILES string of the molecule is Cc1cccc2c1nc(N)n2Cc1cccc(Br)c1. The molecule has 96 valence electrons. The zero-order valence-corrected chi connectivity index (χ0v) is 12.2. The highest BCUT2D eigenvalue weighted by Gasteiger charge is 2.09. The summed E-state index contributed by atoms with van der Waals surface area (Å²) in [5.74, 6) is 0.560. The Hall–Kier alpha value is -1.81. The molecule has 0 radical (unpaired) electrons. The molecule has 0 unspecified atom stereocenters. The number of aryl methyl sites for hydroxylation is 1. The number of anilines is 1. The van der Waals surface area contributed by atoms with Gasteiger partial charge in [-0.05, 0) is 36.2 Å². The van der Waals surface area contributed by atoms with E-state index in [1.165, 1.54) is 5.56 Å². The Morgan fingerprint density at radius 3 is 2.79 bits per heavy atom. The molecular formula is C15H14BrN3. The van der Waals surface area contributed by atoms with Gasteiger partial charge in [0.1, 0.15) is 0 Å². The lowest BCUT2D eigenvalue weighted by molar-refractivity contribution is 0.838. The highest BCUT2D eigenvalue weighted by Crippen LogP contribution is 2.22. The number of para-hydroxylation sites is 1. The van der Waals surface area contributed by atoms with Gasteiger partial charge in [0.05, 0.1) is 17.6 Å². The number of hydrogen-bond acceptors (Lipinski definition) is 2. The maximum atomic E-state index is 6.05. The number of hydrogen-bond donors (Lipinski definition) is 1. The number of imidazole rings is 1. The molecular weight excluding hydrogens is 302 g/mol. The standard InChI is InChI=1S/C15H14BrN3/c1-10-4-2-7-13-14(10)18-15(17)19(13)9-11-5-3-6-12(16)8-11/h2-8H,9H2,1H3,(H2,17,18). The van der Waals surface area contributed by atoms with Gasteiger partial charge in [-0.2, -0.15) is 0 Å². The zero-order chi connectivity index (χ0) is 13.4. The van der Waals surface area contributed by atoms with E-state index in [4.69, 9.17) is 5.73 Å². The number of halogens is 1. The predicted molar refractivity (Wildman–Crippen MR) is 82.1 cm³/mol. The topological polar surface area (TPSA) is 43.8 Å². The van der Waals surface area contributed by atoms with Crippen LogP contribution in [0.3, 0.4) is 0 Å². The number of nitrogen functional groups attached to an aromatic ring is 1. The van der Waals surface area contributed by atoms with E-state index < -0.39 is 0 Å². The lowest BCUT2D eigenvalue weighted by Crippen LogP contribution is -2.04. The molecule has 0 saturated heterocycles. The second-order valence-electron chi connectivity index (χ2n) is 4.63. The van der Waals surface area contributed by atoms with Crippen LogP contribution in [0, 0.1) is 6.92 Å². The summed E-state index contributed by atoms with van der Waals surface area (Å²) in [6, 6.07) is 14.4. The first-order chi connectivity index (χ1) is 9.15. The summed E-state index contributed by atoms with van der Waals surface area (Å²) in [6.45, 7) is 2.78. The van der Waals surface area contributed by atoms with Crippen LogP contribution in [0.5, 0.6) is 0 Å². The van der Waals surface area contributed by atoms with Crippen molar-refractivity contribution in [2.24, 2.45) is 0 Å². The molecule has 2 N–H and O–H groups in total. The van der Waals surface area contributed by atoms with Crippen LogP contribution in [0.2, 0.25) is 0 Å². The van der Waals surface area contributed by atoms with Gasteiger partial charge in [0.15, 0.2) is 0 Å². The molecule has 0 saturated carbocycles. The van der Waals surface area contributed by atoms with E-state index in [2.05, 4.69) is 52.1 Å². The van der Waals surface area contributed by atoms with Crippen LogP contribution in [0.15, 0.2) is 46.9 Å². The van der Waals surface area contributed by atoms with E-state index in [0.717, 1.165) is 27.6 Å². The third-order valence-corrected chi connectivity index (χ3v) is 3.73. The van der Waals surface area contributed by atoms with Crippen molar-refractivity contribution in [3.8, 4) is 0 Å². The maximum Gasteiger partial charge on any atom is 0.201 e. The second-order valence-corrected chi connectivity index (χ2v) is 5.54. The van der Waals surface area contributed by atoms with Gasteiger partial charge in [-0.15, -0.1) is 0 Å². The lowest BCUT2D eigenvalue weighted by atomic mass is 10.2. The lowest BCUT2D eigenvalue weighted by Gasteiger charge is -2.07. The van der Waals surface area contributed by atoms with Crippen LogP contribution in [-0.4, -0.2) is 9.55 Å². The largest absolute Gasteiger partial charge is 0.369 e. The molecule has 0 bridgehead atoms. The molecule has 19 heavy (non-hydrogen) atoms. The van der Waals surface area contributed by atoms with Crippen molar-refractivity contribution >= 4 is 32.9 Å². The molecule has 3 nitrogen and oxygen atoms in total. The Kier molecular flexibility index (Phi) is 3.03. The van der Waals surface area contributed by atoms with Gasteiger partial charge in [-0.25, -0.2) is 4.98 Å². The number of fused-ring (bicyclic) bond motifs is 1. The van der Waals surface area contributed by atoms with Gasteiger partial charge >= 0.3 is 0 Å². The molecule has 0 aliphatic carbocycles. The Balaban J connectivity index is 2.10. The van der Waals surface area contributed by atoms with Gasteiger partial charge in [-0.1, -0.05) is 40.2 Å². The second kappa shape index (κ2) is 4.70. The van der Waals surface area contributed by atoms with E-state index in [0.29, 0.717) is 5.95 Å². The molecule has 0 aliphatic heterocycles. The third kappa shape index (κ3) is 2.24.